The number of ether oxygens (including phenoxy) is 1. The maximum absolute atomic E-state index is 5.65. The Morgan fingerprint density at radius 2 is 1.78 bits per heavy atom. The van der Waals surface area contributed by atoms with Crippen LogP contribution in [0.15, 0.2) is 71.4 Å². The highest BCUT2D eigenvalue weighted by atomic mass is 16.5. The van der Waals surface area contributed by atoms with Gasteiger partial charge in [-0.3, -0.25) is 4.98 Å². The second-order valence-corrected chi connectivity index (χ2v) is 5.01. The summed E-state index contributed by atoms with van der Waals surface area (Å²) in [5.74, 6) is 0.485. The molecule has 4 aromatic rings. The minimum atomic E-state index is 0.360. The van der Waals surface area contributed by atoms with Crippen LogP contribution in [0.1, 0.15) is 5.69 Å². The van der Waals surface area contributed by atoms with Crippen LogP contribution in [-0.4, -0.2) is 15.1 Å². The molecule has 0 aliphatic carbocycles. The van der Waals surface area contributed by atoms with E-state index < -0.39 is 0 Å². The van der Waals surface area contributed by atoms with Gasteiger partial charge < -0.3 is 9.26 Å². The molecule has 3 heterocycles. The molecule has 0 amide bonds. The number of pyridine rings is 2. The Kier molecular flexibility index (Phi) is 3.44. The molecule has 0 spiro atoms. The van der Waals surface area contributed by atoms with Crippen LogP contribution in [0.25, 0.3) is 22.4 Å². The Bertz CT molecular complexity index is 921. The highest BCUT2D eigenvalue weighted by molar-refractivity contribution is 5.89. The van der Waals surface area contributed by atoms with Crippen molar-refractivity contribution in [2.24, 2.45) is 0 Å². The zero-order valence-electron chi connectivity index (χ0n) is 12.2. The standard InChI is InChI=1S/C18H13N3O2/c1-2-6-13(7-3-1)17-15-9-10-16(20-18(15)23-21-17)22-12-14-8-4-5-11-19-14/h1-11H,12H2. The summed E-state index contributed by atoms with van der Waals surface area (Å²) in [7, 11) is 0. The molecule has 0 atom stereocenters. The fourth-order valence-electron chi connectivity index (χ4n) is 2.33. The fourth-order valence-corrected chi connectivity index (χ4v) is 2.33. The van der Waals surface area contributed by atoms with Gasteiger partial charge in [-0.25, -0.2) is 0 Å². The van der Waals surface area contributed by atoms with E-state index in [9.17, 15) is 0 Å². The molecule has 3 aromatic heterocycles. The molecular weight excluding hydrogens is 290 g/mol. The minimum absolute atomic E-state index is 0.360. The smallest absolute Gasteiger partial charge is 0.261 e. The molecule has 112 valence electrons. The second kappa shape index (κ2) is 5.88. The highest BCUT2D eigenvalue weighted by Crippen LogP contribution is 2.28. The Morgan fingerprint density at radius 1 is 0.913 bits per heavy atom. The lowest BCUT2D eigenvalue weighted by atomic mass is 10.1. The summed E-state index contributed by atoms with van der Waals surface area (Å²) in [5, 5.41) is 4.98. The van der Waals surface area contributed by atoms with E-state index in [1.807, 2.05) is 60.7 Å². The largest absolute Gasteiger partial charge is 0.471 e. The summed E-state index contributed by atoms with van der Waals surface area (Å²) in [6, 6.07) is 19.3. The van der Waals surface area contributed by atoms with Crippen molar-refractivity contribution < 1.29 is 9.26 Å². The highest BCUT2D eigenvalue weighted by Gasteiger charge is 2.12. The quantitative estimate of drug-likeness (QED) is 0.573. The van der Waals surface area contributed by atoms with E-state index in [4.69, 9.17) is 9.26 Å². The average Bonchev–Trinajstić information content (AvgIpc) is 3.05. The SMILES string of the molecule is c1ccc(-c2noc3nc(OCc4ccccn4)ccc23)cc1. The topological polar surface area (TPSA) is 61.0 Å². The van der Waals surface area contributed by atoms with Crippen molar-refractivity contribution in [3.63, 3.8) is 0 Å². The monoisotopic (exact) mass is 303 g/mol. The van der Waals surface area contributed by atoms with Crippen molar-refractivity contribution in [2.45, 2.75) is 6.61 Å². The summed E-state index contributed by atoms with van der Waals surface area (Å²) in [6.07, 6.45) is 1.73. The molecule has 5 nitrogen and oxygen atoms in total. The molecule has 0 fully saturated rings. The number of hydrogen-bond donors (Lipinski definition) is 0. The predicted octanol–water partition coefficient (Wildman–Crippen LogP) is 3.86. The van der Waals surface area contributed by atoms with E-state index in [2.05, 4.69) is 15.1 Å². The minimum Gasteiger partial charge on any atom is -0.471 e. The summed E-state index contributed by atoms with van der Waals surface area (Å²) in [4.78, 5) is 8.57. The fraction of sp³-hybridized carbons (Fsp3) is 0.0556. The van der Waals surface area contributed by atoms with Crippen LogP contribution >= 0.6 is 0 Å². The number of benzene rings is 1. The van der Waals surface area contributed by atoms with Crippen LogP contribution in [0.5, 0.6) is 5.88 Å². The molecule has 1 aromatic carbocycles. The third-order valence-corrected chi connectivity index (χ3v) is 3.45. The van der Waals surface area contributed by atoms with Crippen LogP contribution in [0.3, 0.4) is 0 Å². The van der Waals surface area contributed by atoms with Gasteiger partial charge in [0.05, 0.1) is 11.1 Å². The Balaban J connectivity index is 1.60. The molecule has 0 N–H and O–H groups in total. The molecule has 0 aliphatic heterocycles. The van der Waals surface area contributed by atoms with E-state index in [0.29, 0.717) is 18.2 Å². The molecule has 0 saturated carbocycles. The van der Waals surface area contributed by atoms with Gasteiger partial charge in [0.2, 0.25) is 5.88 Å². The van der Waals surface area contributed by atoms with Gasteiger partial charge >= 0.3 is 0 Å². The number of aromatic nitrogens is 3. The first-order valence-corrected chi connectivity index (χ1v) is 7.25. The molecule has 5 heteroatoms. The van der Waals surface area contributed by atoms with E-state index in [1.165, 1.54) is 0 Å². The van der Waals surface area contributed by atoms with Crippen LogP contribution in [-0.2, 0) is 6.61 Å². The number of nitrogens with zero attached hydrogens (tertiary/aromatic N) is 3. The Hall–Kier alpha value is -3.21. The van der Waals surface area contributed by atoms with Crippen molar-refractivity contribution in [3.8, 4) is 17.1 Å². The predicted molar refractivity (Wildman–Crippen MR) is 85.8 cm³/mol. The average molecular weight is 303 g/mol. The van der Waals surface area contributed by atoms with Crippen molar-refractivity contribution in [3.05, 3.63) is 72.6 Å². The van der Waals surface area contributed by atoms with E-state index >= 15 is 0 Å². The van der Waals surface area contributed by atoms with Gasteiger partial charge in [-0.2, -0.15) is 4.98 Å². The van der Waals surface area contributed by atoms with Gasteiger partial charge in [-0.1, -0.05) is 41.6 Å². The van der Waals surface area contributed by atoms with E-state index in [1.54, 1.807) is 6.20 Å². The summed E-state index contributed by atoms with van der Waals surface area (Å²) in [5.41, 5.74) is 3.08. The molecule has 0 bridgehead atoms. The molecule has 0 unspecified atom stereocenters. The van der Waals surface area contributed by atoms with Crippen LogP contribution in [0, 0.1) is 0 Å². The molecule has 4 rings (SSSR count). The zero-order chi connectivity index (χ0) is 15.5. The lowest BCUT2D eigenvalue weighted by Crippen LogP contribution is -1.98. The normalized spacial score (nSPS) is 10.8. The molecule has 0 radical (unpaired) electrons. The Morgan fingerprint density at radius 3 is 2.61 bits per heavy atom. The van der Waals surface area contributed by atoms with Crippen LogP contribution in [0.4, 0.5) is 0 Å². The number of rotatable bonds is 4. The van der Waals surface area contributed by atoms with Crippen molar-refractivity contribution in [1.29, 1.82) is 0 Å². The summed E-state index contributed by atoms with van der Waals surface area (Å²) >= 11 is 0. The van der Waals surface area contributed by atoms with Crippen molar-refractivity contribution >= 4 is 11.1 Å². The van der Waals surface area contributed by atoms with Gasteiger partial charge in [-0.15, -0.1) is 0 Å². The first-order valence-electron chi connectivity index (χ1n) is 7.25. The molecule has 0 saturated heterocycles. The van der Waals surface area contributed by atoms with Gasteiger partial charge in [0.25, 0.3) is 5.71 Å². The second-order valence-electron chi connectivity index (χ2n) is 5.01. The van der Waals surface area contributed by atoms with Crippen molar-refractivity contribution in [2.75, 3.05) is 0 Å². The molecule has 23 heavy (non-hydrogen) atoms. The lowest BCUT2D eigenvalue weighted by molar-refractivity contribution is 0.288. The van der Waals surface area contributed by atoms with E-state index in [0.717, 1.165) is 22.3 Å². The third-order valence-electron chi connectivity index (χ3n) is 3.45. The first kappa shape index (κ1) is 13.5. The zero-order valence-corrected chi connectivity index (χ0v) is 12.2. The first-order chi connectivity index (χ1) is 11.4. The van der Waals surface area contributed by atoms with Crippen molar-refractivity contribution in [1.82, 2.24) is 15.1 Å². The summed E-state index contributed by atoms with van der Waals surface area (Å²) in [6.45, 7) is 0.360. The number of fused-ring (bicyclic) bond motifs is 1. The van der Waals surface area contributed by atoms with Crippen LogP contribution < -0.4 is 4.74 Å². The maximum atomic E-state index is 5.65. The Labute approximate surface area is 132 Å². The summed E-state index contributed by atoms with van der Waals surface area (Å²) < 4.78 is 11.0. The van der Waals surface area contributed by atoms with Gasteiger partial charge in [-0.05, 0) is 18.2 Å². The third kappa shape index (κ3) is 2.76. The van der Waals surface area contributed by atoms with Gasteiger partial charge in [0.15, 0.2) is 0 Å². The molecular formula is C18H13N3O2. The van der Waals surface area contributed by atoms with Crippen LogP contribution in [0.2, 0.25) is 0 Å². The number of hydrogen-bond acceptors (Lipinski definition) is 5. The molecule has 0 aliphatic rings. The van der Waals surface area contributed by atoms with Gasteiger partial charge in [0, 0.05) is 17.8 Å². The van der Waals surface area contributed by atoms with Gasteiger partial charge in [0.1, 0.15) is 12.3 Å². The maximum Gasteiger partial charge on any atom is 0.261 e. The lowest BCUT2D eigenvalue weighted by Gasteiger charge is -2.04. The van der Waals surface area contributed by atoms with E-state index in [-0.39, 0.29) is 0 Å².